The number of aromatic nitrogens is 2. The first-order valence-corrected chi connectivity index (χ1v) is 6.35. The molecule has 0 aliphatic rings. The lowest BCUT2D eigenvalue weighted by molar-refractivity contribution is 0.0529. The summed E-state index contributed by atoms with van der Waals surface area (Å²) in [6.07, 6.45) is 6.99. The molecule has 0 unspecified atom stereocenters. The van der Waals surface area contributed by atoms with Crippen molar-refractivity contribution in [2.24, 2.45) is 0 Å². The van der Waals surface area contributed by atoms with Gasteiger partial charge in [0.25, 0.3) is 0 Å². The van der Waals surface area contributed by atoms with Crippen molar-refractivity contribution < 1.29 is 9.53 Å². The van der Waals surface area contributed by atoms with Gasteiger partial charge in [-0.2, -0.15) is 0 Å². The van der Waals surface area contributed by atoms with Crippen LogP contribution in [-0.4, -0.2) is 28.2 Å². The van der Waals surface area contributed by atoms with Crippen molar-refractivity contribution in [3.05, 3.63) is 29.3 Å². The molecule has 0 bridgehead atoms. The fourth-order valence-corrected chi connectivity index (χ4v) is 1.37. The summed E-state index contributed by atoms with van der Waals surface area (Å²) in [5, 5.41) is 3.07. The topological polar surface area (TPSA) is 64.1 Å². The Kier molecular flexibility index (Phi) is 5.76. The number of halogens is 1. The minimum absolute atomic E-state index is 0.409. The van der Waals surface area contributed by atoms with Gasteiger partial charge in [-0.25, -0.2) is 14.8 Å². The number of nitrogens with zero attached hydrogens (tertiary/aromatic N) is 2. The molecule has 0 aliphatic heterocycles. The smallest absolute Gasteiger partial charge is 0.407 e. The summed E-state index contributed by atoms with van der Waals surface area (Å²) in [5.74, 6) is 0. The number of hydrogen-bond donors (Lipinski definition) is 1. The first kappa shape index (κ1) is 15.4. The Labute approximate surface area is 118 Å². The summed E-state index contributed by atoms with van der Waals surface area (Å²) < 4.78 is 5.11. The van der Waals surface area contributed by atoms with Gasteiger partial charge in [0, 0.05) is 18.3 Å². The molecule has 0 spiro atoms. The quantitative estimate of drug-likeness (QED) is 0.681. The monoisotopic (exact) mass is 283 g/mol. The Balaban J connectivity index is 2.28. The third kappa shape index (κ3) is 6.76. The van der Waals surface area contributed by atoms with Crippen LogP contribution in [0.1, 0.15) is 32.8 Å². The van der Waals surface area contributed by atoms with Gasteiger partial charge in [0.2, 0.25) is 0 Å². The lowest BCUT2D eigenvalue weighted by Crippen LogP contribution is -2.32. The van der Waals surface area contributed by atoms with Crippen LogP contribution in [0.25, 0.3) is 6.08 Å². The number of nitrogens with one attached hydrogen (secondary N) is 1. The highest BCUT2D eigenvalue weighted by molar-refractivity contribution is 6.30. The molecule has 5 nitrogen and oxygen atoms in total. The number of ether oxygens (including phenoxy) is 1. The second kappa shape index (κ2) is 7.09. The van der Waals surface area contributed by atoms with Gasteiger partial charge in [-0.15, -0.1) is 0 Å². The minimum Gasteiger partial charge on any atom is -0.444 e. The molecule has 0 aromatic carbocycles. The van der Waals surface area contributed by atoms with Crippen LogP contribution in [-0.2, 0) is 4.74 Å². The molecule has 0 aliphatic carbocycles. The van der Waals surface area contributed by atoms with Crippen LogP contribution in [0.3, 0.4) is 0 Å². The van der Waals surface area contributed by atoms with Gasteiger partial charge in [0.15, 0.2) is 0 Å². The average Bonchev–Trinajstić information content (AvgIpc) is 2.28. The summed E-state index contributed by atoms with van der Waals surface area (Å²) in [5.41, 5.74) is 0.274. The fraction of sp³-hybridized carbons (Fsp3) is 0.462. The maximum absolute atomic E-state index is 11.3. The van der Waals surface area contributed by atoms with E-state index in [0.29, 0.717) is 18.1 Å². The summed E-state index contributed by atoms with van der Waals surface area (Å²) in [6, 6.07) is 0. The number of alkyl carbamates (subject to hydrolysis) is 1. The lowest BCUT2D eigenvalue weighted by atomic mass is 10.2. The highest BCUT2D eigenvalue weighted by atomic mass is 35.5. The Bertz CT molecular complexity index is 455. The predicted octanol–water partition coefficient (Wildman–Crippen LogP) is 3.06. The molecule has 1 aromatic rings. The van der Waals surface area contributed by atoms with Crippen LogP contribution >= 0.6 is 11.6 Å². The SMILES string of the molecule is CC(C)(C)OC(=O)NCCC=Cc1cncnc1Cl. The Morgan fingerprint density at radius 2 is 2.26 bits per heavy atom. The fourth-order valence-electron chi connectivity index (χ4n) is 1.22. The molecule has 1 heterocycles. The molecule has 19 heavy (non-hydrogen) atoms. The van der Waals surface area contributed by atoms with Crippen LogP contribution in [0.4, 0.5) is 4.79 Å². The molecular formula is C13H18ClN3O2. The molecule has 104 valence electrons. The van der Waals surface area contributed by atoms with Gasteiger partial charge in [-0.1, -0.05) is 23.8 Å². The zero-order valence-electron chi connectivity index (χ0n) is 11.3. The molecule has 1 amide bonds. The maximum Gasteiger partial charge on any atom is 0.407 e. The normalized spacial score (nSPS) is 11.6. The van der Waals surface area contributed by atoms with E-state index in [1.807, 2.05) is 32.9 Å². The minimum atomic E-state index is -0.477. The lowest BCUT2D eigenvalue weighted by Gasteiger charge is -2.19. The van der Waals surface area contributed by atoms with Crippen LogP contribution < -0.4 is 5.32 Å². The molecule has 1 rings (SSSR count). The van der Waals surface area contributed by atoms with Gasteiger partial charge in [0.1, 0.15) is 17.1 Å². The van der Waals surface area contributed by atoms with Crippen LogP contribution in [0.2, 0.25) is 5.15 Å². The van der Waals surface area contributed by atoms with E-state index < -0.39 is 11.7 Å². The van der Waals surface area contributed by atoms with Gasteiger partial charge >= 0.3 is 6.09 Å². The zero-order valence-corrected chi connectivity index (χ0v) is 12.1. The van der Waals surface area contributed by atoms with E-state index in [-0.39, 0.29) is 0 Å². The van der Waals surface area contributed by atoms with Crippen molar-refractivity contribution in [3.63, 3.8) is 0 Å². The summed E-state index contributed by atoms with van der Waals surface area (Å²) in [6.45, 7) is 5.97. The number of hydrogen-bond acceptors (Lipinski definition) is 4. The second-order valence-corrected chi connectivity index (χ2v) is 5.25. The molecule has 1 aromatic heterocycles. The standard InChI is InChI=1S/C13H18ClN3O2/c1-13(2,3)19-12(18)16-7-5-4-6-10-8-15-9-17-11(10)14/h4,6,8-9H,5,7H2,1-3H3,(H,16,18). The van der Waals surface area contributed by atoms with E-state index in [1.54, 1.807) is 6.20 Å². The third-order valence-corrected chi connectivity index (χ3v) is 2.28. The summed E-state index contributed by atoms with van der Waals surface area (Å²) in [7, 11) is 0. The maximum atomic E-state index is 11.3. The van der Waals surface area contributed by atoms with Crippen molar-refractivity contribution in [3.8, 4) is 0 Å². The molecule has 0 saturated heterocycles. The van der Waals surface area contributed by atoms with Crippen LogP contribution in [0.15, 0.2) is 18.6 Å². The summed E-state index contributed by atoms with van der Waals surface area (Å²) >= 11 is 5.87. The van der Waals surface area contributed by atoms with Gasteiger partial charge < -0.3 is 10.1 Å². The molecule has 0 radical (unpaired) electrons. The van der Waals surface area contributed by atoms with Gasteiger partial charge in [-0.3, -0.25) is 0 Å². The Morgan fingerprint density at radius 1 is 1.53 bits per heavy atom. The average molecular weight is 284 g/mol. The van der Waals surface area contributed by atoms with Crippen molar-refractivity contribution in [2.45, 2.75) is 32.8 Å². The van der Waals surface area contributed by atoms with E-state index in [0.717, 1.165) is 5.56 Å². The van der Waals surface area contributed by atoms with Crippen LogP contribution in [0, 0.1) is 0 Å². The Morgan fingerprint density at radius 3 is 2.89 bits per heavy atom. The molecule has 0 fully saturated rings. The van der Waals surface area contributed by atoms with Crippen LogP contribution in [0.5, 0.6) is 0 Å². The number of carbonyl (C=O) groups is 1. The van der Waals surface area contributed by atoms with E-state index >= 15 is 0 Å². The third-order valence-electron chi connectivity index (χ3n) is 1.97. The van der Waals surface area contributed by atoms with E-state index in [9.17, 15) is 4.79 Å². The van der Waals surface area contributed by atoms with E-state index in [1.165, 1.54) is 6.33 Å². The van der Waals surface area contributed by atoms with Crippen molar-refractivity contribution in [1.82, 2.24) is 15.3 Å². The van der Waals surface area contributed by atoms with E-state index in [4.69, 9.17) is 16.3 Å². The molecule has 0 saturated carbocycles. The number of amides is 1. The molecule has 0 atom stereocenters. The number of rotatable bonds is 4. The van der Waals surface area contributed by atoms with Crippen molar-refractivity contribution in [1.29, 1.82) is 0 Å². The van der Waals surface area contributed by atoms with Gasteiger partial charge in [0.05, 0.1) is 0 Å². The van der Waals surface area contributed by atoms with Gasteiger partial charge in [-0.05, 0) is 27.2 Å². The Hall–Kier alpha value is -1.62. The molecular weight excluding hydrogens is 266 g/mol. The first-order valence-electron chi connectivity index (χ1n) is 5.97. The highest BCUT2D eigenvalue weighted by Crippen LogP contribution is 2.11. The van der Waals surface area contributed by atoms with E-state index in [2.05, 4.69) is 15.3 Å². The predicted molar refractivity (Wildman–Crippen MR) is 74.9 cm³/mol. The van der Waals surface area contributed by atoms with Crippen molar-refractivity contribution >= 4 is 23.8 Å². The number of carbonyl (C=O) groups excluding carboxylic acids is 1. The highest BCUT2D eigenvalue weighted by Gasteiger charge is 2.15. The van der Waals surface area contributed by atoms with Crippen molar-refractivity contribution in [2.75, 3.05) is 6.54 Å². The second-order valence-electron chi connectivity index (χ2n) is 4.89. The first-order chi connectivity index (χ1) is 8.88. The summed E-state index contributed by atoms with van der Waals surface area (Å²) in [4.78, 5) is 19.1. The molecule has 1 N–H and O–H groups in total. The largest absolute Gasteiger partial charge is 0.444 e. The zero-order chi connectivity index (χ0) is 14.3. The molecule has 6 heteroatoms.